The number of rotatable bonds is 4. The van der Waals surface area contributed by atoms with Crippen LogP contribution in [0.4, 0.5) is 5.69 Å². The molecule has 1 aromatic carbocycles. The van der Waals surface area contributed by atoms with Crippen molar-refractivity contribution >= 4 is 17.6 Å². The van der Waals surface area contributed by atoms with E-state index in [1.54, 1.807) is 19.2 Å². The van der Waals surface area contributed by atoms with Crippen molar-refractivity contribution in [1.29, 1.82) is 0 Å². The Balaban J connectivity index is 2.74. The fraction of sp³-hybridized carbons (Fsp3) is 0.385. The molecular formula is C13H18N2O3. The first-order chi connectivity index (χ1) is 8.47. The maximum Gasteiger partial charge on any atom is 0.307 e. The first-order valence-corrected chi connectivity index (χ1v) is 5.64. The number of nitrogens with zero attached hydrogens (tertiary/aromatic N) is 1. The highest BCUT2D eigenvalue weighted by Crippen LogP contribution is 2.17. The number of carbonyl (C=O) groups is 2. The summed E-state index contributed by atoms with van der Waals surface area (Å²) in [6.07, 6.45) is 0.171. The van der Waals surface area contributed by atoms with Gasteiger partial charge in [-0.25, -0.2) is 0 Å². The Bertz CT molecular complexity index is 458. The lowest BCUT2D eigenvalue weighted by molar-refractivity contribution is -0.140. The number of anilines is 1. The molecule has 0 fully saturated rings. The third-order valence-electron chi connectivity index (χ3n) is 2.78. The summed E-state index contributed by atoms with van der Waals surface area (Å²) in [6, 6.07) is 5.31. The quantitative estimate of drug-likeness (QED) is 0.644. The second-order valence-corrected chi connectivity index (χ2v) is 4.09. The first-order valence-electron chi connectivity index (χ1n) is 5.64. The van der Waals surface area contributed by atoms with Crippen LogP contribution in [0.25, 0.3) is 0 Å². The van der Waals surface area contributed by atoms with Crippen LogP contribution in [0.15, 0.2) is 18.2 Å². The van der Waals surface area contributed by atoms with Gasteiger partial charge in [-0.15, -0.1) is 0 Å². The zero-order valence-corrected chi connectivity index (χ0v) is 10.9. The van der Waals surface area contributed by atoms with Crippen molar-refractivity contribution in [3.8, 4) is 0 Å². The molecule has 0 atom stereocenters. The number of amides is 1. The summed E-state index contributed by atoms with van der Waals surface area (Å²) in [7, 11) is 2.95. The SMILES string of the molecule is COC(=O)CCN(C)C(=O)c1cccc(C)c1N. The van der Waals surface area contributed by atoms with Crippen LogP contribution in [0, 0.1) is 6.92 Å². The minimum Gasteiger partial charge on any atom is -0.469 e. The van der Waals surface area contributed by atoms with Gasteiger partial charge in [0.2, 0.25) is 0 Å². The van der Waals surface area contributed by atoms with Crippen molar-refractivity contribution in [2.75, 3.05) is 26.4 Å². The highest BCUT2D eigenvalue weighted by atomic mass is 16.5. The highest BCUT2D eigenvalue weighted by molar-refractivity contribution is 5.99. The molecule has 0 aliphatic rings. The van der Waals surface area contributed by atoms with Crippen molar-refractivity contribution in [1.82, 2.24) is 4.90 Å². The van der Waals surface area contributed by atoms with Gasteiger partial charge in [0.25, 0.3) is 5.91 Å². The zero-order chi connectivity index (χ0) is 13.7. The molecule has 0 radical (unpaired) electrons. The standard InChI is InChI=1S/C13H18N2O3/c1-9-5-4-6-10(12(9)14)13(17)15(2)8-7-11(16)18-3/h4-6H,7-8,14H2,1-3H3. The normalized spacial score (nSPS) is 9.94. The molecule has 0 bridgehead atoms. The number of para-hydroxylation sites is 1. The van der Waals surface area contributed by atoms with Gasteiger partial charge in [-0.2, -0.15) is 0 Å². The van der Waals surface area contributed by atoms with Crippen molar-refractivity contribution in [3.63, 3.8) is 0 Å². The van der Waals surface area contributed by atoms with Crippen LogP contribution in [-0.2, 0) is 9.53 Å². The molecule has 5 heteroatoms. The molecule has 0 saturated heterocycles. The lowest BCUT2D eigenvalue weighted by atomic mass is 10.1. The van der Waals surface area contributed by atoms with Crippen LogP contribution >= 0.6 is 0 Å². The van der Waals surface area contributed by atoms with E-state index >= 15 is 0 Å². The number of benzene rings is 1. The van der Waals surface area contributed by atoms with Gasteiger partial charge in [-0.1, -0.05) is 12.1 Å². The summed E-state index contributed by atoms with van der Waals surface area (Å²) in [5.41, 5.74) is 7.67. The number of esters is 1. The summed E-state index contributed by atoms with van der Waals surface area (Å²) < 4.78 is 4.53. The predicted molar refractivity (Wildman–Crippen MR) is 69.2 cm³/mol. The molecule has 0 aromatic heterocycles. The van der Waals surface area contributed by atoms with Crippen LogP contribution in [0.5, 0.6) is 0 Å². The van der Waals surface area contributed by atoms with Gasteiger partial charge in [-0.3, -0.25) is 9.59 Å². The predicted octanol–water partition coefficient (Wildman–Crippen LogP) is 1.21. The number of nitrogens with two attached hydrogens (primary N) is 1. The average Bonchev–Trinajstić information content (AvgIpc) is 2.37. The third-order valence-corrected chi connectivity index (χ3v) is 2.78. The molecule has 0 heterocycles. The number of aryl methyl sites for hydroxylation is 1. The van der Waals surface area contributed by atoms with E-state index in [1.165, 1.54) is 12.0 Å². The number of hydrogen-bond donors (Lipinski definition) is 1. The molecule has 1 aromatic rings. The van der Waals surface area contributed by atoms with Crippen LogP contribution in [0.1, 0.15) is 22.3 Å². The molecule has 5 nitrogen and oxygen atoms in total. The Morgan fingerprint density at radius 2 is 2.06 bits per heavy atom. The molecule has 1 amide bonds. The van der Waals surface area contributed by atoms with Crippen LogP contribution in [0.3, 0.4) is 0 Å². The van der Waals surface area contributed by atoms with E-state index in [4.69, 9.17) is 5.73 Å². The Morgan fingerprint density at radius 1 is 1.39 bits per heavy atom. The topological polar surface area (TPSA) is 72.6 Å². The van der Waals surface area contributed by atoms with E-state index in [0.29, 0.717) is 17.8 Å². The number of hydrogen-bond acceptors (Lipinski definition) is 4. The number of nitrogen functional groups attached to an aromatic ring is 1. The van der Waals surface area contributed by atoms with Gasteiger partial charge in [0, 0.05) is 19.3 Å². The Morgan fingerprint density at radius 3 is 2.67 bits per heavy atom. The van der Waals surface area contributed by atoms with Crippen molar-refractivity contribution < 1.29 is 14.3 Å². The summed E-state index contributed by atoms with van der Waals surface area (Å²) in [4.78, 5) is 24.6. The maximum atomic E-state index is 12.1. The zero-order valence-electron chi connectivity index (χ0n) is 10.9. The summed E-state index contributed by atoms with van der Waals surface area (Å²) in [6.45, 7) is 2.15. The van der Waals surface area contributed by atoms with E-state index in [-0.39, 0.29) is 18.3 Å². The van der Waals surface area contributed by atoms with Gasteiger partial charge >= 0.3 is 5.97 Å². The molecule has 2 N–H and O–H groups in total. The van der Waals surface area contributed by atoms with Gasteiger partial charge in [-0.05, 0) is 18.6 Å². The van der Waals surface area contributed by atoms with Crippen LogP contribution in [-0.4, -0.2) is 37.5 Å². The van der Waals surface area contributed by atoms with E-state index in [1.807, 2.05) is 13.0 Å². The van der Waals surface area contributed by atoms with E-state index in [0.717, 1.165) is 5.56 Å². The third kappa shape index (κ3) is 3.23. The number of methoxy groups -OCH3 is 1. The molecular weight excluding hydrogens is 232 g/mol. The molecule has 1 rings (SSSR count). The molecule has 98 valence electrons. The second kappa shape index (κ2) is 6.05. The maximum absolute atomic E-state index is 12.1. The van der Waals surface area contributed by atoms with Gasteiger partial charge in [0.15, 0.2) is 0 Å². The molecule has 0 unspecified atom stereocenters. The number of carbonyl (C=O) groups excluding carboxylic acids is 2. The molecule has 0 aliphatic heterocycles. The number of ether oxygens (including phenoxy) is 1. The molecule has 0 saturated carbocycles. The molecule has 18 heavy (non-hydrogen) atoms. The lowest BCUT2D eigenvalue weighted by Gasteiger charge is -2.18. The molecule has 0 aliphatic carbocycles. The fourth-order valence-corrected chi connectivity index (χ4v) is 1.54. The van der Waals surface area contributed by atoms with Crippen molar-refractivity contribution in [2.45, 2.75) is 13.3 Å². The minimum absolute atomic E-state index is 0.171. The van der Waals surface area contributed by atoms with Gasteiger partial charge in [0.05, 0.1) is 19.1 Å². The van der Waals surface area contributed by atoms with Gasteiger partial charge < -0.3 is 15.4 Å². The summed E-state index contributed by atoms with van der Waals surface area (Å²) in [5, 5.41) is 0. The average molecular weight is 250 g/mol. The molecule has 0 spiro atoms. The monoisotopic (exact) mass is 250 g/mol. The Kier molecular flexibility index (Phi) is 4.71. The van der Waals surface area contributed by atoms with Crippen molar-refractivity contribution in [2.24, 2.45) is 0 Å². The van der Waals surface area contributed by atoms with E-state index in [2.05, 4.69) is 4.74 Å². The summed E-state index contributed by atoms with van der Waals surface area (Å²) >= 11 is 0. The fourth-order valence-electron chi connectivity index (χ4n) is 1.54. The Hall–Kier alpha value is -2.04. The second-order valence-electron chi connectivity index (χ2n) is 4.09. The van der Waals surface area contributed by atoms with Gasteiger partial charge in [0.1, 0.15) is 0 Å². The van der Waals surface area contributed by atoms with Crippen molar-refractivity contribution in [3.05, 3.63) is 29.3 Å². The largest absolute Gasteiger partial charge is 0.469 e. The minimum atomic E-state index is -0.341. The summed E-state index contributed by atoms with van der Waals surface area (Å²) in [5.74, 6) is -0.535. The van der Waals surface area contributed by atoms with Crippen LogP contribution < -0.4 is 5.73 Å². The van der Waals surface area contributed by atoms with Crippen LogP contribution in [0.2, 0.25) is 0 Å². The lowest BCUT2D eigenvalue weighted by Crippen LogP contribution is -2.30. The highest BCUT2D eigenvalue weighted by Gasteiger charge is 2.16. The first kappa shape index (κ1) is 14.0. The van der Waals surface area contributed by atoms with E-state index < -0.39 is 0 Å². The van der Waals surface area contributed by atoms with E-state index in [9.17, 15) is 9.59 Å². The smallest absolute Gasteiger partial charge is 0.307 e. The Labute approximate surface area is 107 Å².